The van der Waals surface area contributed by atoms with Crippen LogP contribution in [0.4, 0.5) is 0 Å². The Morgan fingerprint density at radius 2 is 2.10 bits per heavy atom. The topological polar surface area (TPSA) is 67.2 Å². The number of hydrogen-bond acceptors (Lipinski definition) is 4. The van der Waals surface area contributed by atoms with Gasteiger partial charge in [-0.15, -0.1) is 11.3 Å². The van der Waals surface area contributed by atoms with Crippen molar-refractivity contribution in [3.8, 4) is 0 Å². The lowest BCUT2D eigenvalue weighted by Crippen LogP contribution is -2.51. The average molecular weight is 446 g/mol. The molecule has 160 valence electrons. The lowest BCUT2D eigenvalue weighted by Gasteiger charge is -2.26. The molecule has 0 aliphatic rings. The standard InChI is InChI=1S/C23H28ClN3O2S/c1-3-4-11-21-25-14-18(27(21)16-17-8-5-6-10-20(17)24)15-26-23(2,22(28)29)13-19-9-7-12-30-19/h5-10,12,14,26H,3-4,11,13,15-16H2,1-2H3,(H,28,29). The predicted molar refractivity (Wildman–Crippen MR) is 122 cm³/mol. The number of aromatic nitrogens is 2. The molecule has 0 amide bonds. The third-order valence-corrected chi connectivity index (χ3v) is 6.55. The van der Waals surface area contributed by atoms with E-state index in [0.29, 0.717) is 19.5 Å². The zero-order chi connectivity index (χ0) is 21.6. The van der Waals surface area contributed by atoms with Crippen LogP contribution in [-0.2, 0) is 30.7 Å². The molecule has 0 aliphatic carbocycles. The Labute approximate surface area is 186 Å². The third kappa shape index (κ3) is 5.50. The third-order valence-electron chi connectivity index (χ3n) is 5.30. The maximum absolute atomic E-state index is 12.0. The molecule has 0 aliphatic heterocycles. The van der Waals surface area contributed by atoms with Crippen molar-refractivity contribution in [1.29, 1.82) is 0 Å². The number of carboxylic acid groups (broad SMARTS) is 1. The molecule has 3 aromatic rings. The fourth-order valence-corrected chi connectivity index (χ4v) is 4.44. The van der Waals surface area contributed by atoms with E-state index >= 15 is 0 Å². The summed E-state index contributed by atoms with van der Waals surface area (Å²) < 4.78 is 2.16. The molecular formula is C23H28ClN3O2S. The van der Waals surface area contributed by atoms with E-state index in [1.165, 1.54) is 0 Å². The van der Waals surface area contributed by atoms with Crippen molar-refractivity contribution >= 4 is 28.9 Å². The first-order valence-electron chi connectivity index (χ1n) is 10.2. The van der Waals surface area contributed by atoms with E-state index in [-0.39, 0.29) is 0 Å². The largest absolute Gasteiger partial charge is 0.480 e. The molecule has 2 heterocycles. The summed E-state index contributed by atoms with van der Waals surface area (Å²) in [6, 6.07) is 11.7. The predicted octanol–water partition coefficient (Wildman–Crippen LogP) is 5.16. The fourth-order valence-electron chi connectivity index (χ4n) is 3.38. The summed E-state index contributed by atoms with van der Waals surface area (Å²) in [6.07, 6.45) is 5.30. The van der Waals surface area contributed by atoms with Gasteiger partial charge in [0.2, 0.25) is 0 Å². The molecule has 0 fully saturated rings. The van der Waals surface area contributed by atoms with Crippen molar-refractivity contribution in [2.45, 2.75) is 58.2 Å². The lowest BCUT2D eigenvalue weighted by molar-refractivity contribution is -0.144. The second kappa shape index (κ2) is 10.2. The number of benzene rings is 1. The number of unbranched alkanes of at least 4 members (excludes halogenated alkanes) is 1. The van der Waals surface area contributed by atoms with Crippen LogP contribution in [0, 0.1) is 0 Å². The highest BCUT2D eigenvalue weighted by Gasteiger charge is 2.33. The number of nitrogens with one attached hydrogen (secondary N) is 1. The normalized spacial score (nSPS) is 13.3. The molecule has 0 saturated heterocycles. The zero-order valence-electron chi connectivity index (χ0n) is 17.4. The quantitative estimate of drug-likeness (QED) is 0.427. The van der Waals surface area contributed by atoms with Crippen LogP contribution in [0.3, 0.4) is 0 Å². The molecule has 1 aromatic carbocycles. The number of carbonyl (C=O) groups is 1. The lowest BCUT2D eigenvalue weighted by atomic mass is 9.97. The molecule has 30 heavy (non-hydrogen) atoms. The van der Waals surface area contributed by atoms with Gasteiger partial charge in [0.05, 0.1) is 12.2 Å². The fraction of sp³-hybridized carbons (Fsp3) is 0.391. The SMILES string of the molecule is CCCCc1ncc(CNC(C)(Cc2cccs2)C(=O)O)n1Cc1ccccc1Cl. The van der Waals surface area contributed by atoms with Crippen LogP contribution in [0.2, 0.25) is 5.02 Å². The van der Waals surface area contributed by atoms with Gasteiger partial charge < -0.3 is 9.67 Å². The summed E-state index contributed by atoms with van der Waals surface area (Å²) in [4.78, 5) is 17.7. The Balaban J connectivity index is 1.82. The molecule has 0 radical (unpaired) electrons. The van der Waals surface area contributed by atoms with Gasteiger partial charge >= 0.3 is 5.97 Å². The highest BCUT2D eigenvalue weighted by Crippen LogP contribution is 2.21. The van der Waals surface area contributed by atoms with Crippen molar-refractivity contribution in [3.05, 3.63) is 75.0 Å². The number of carboxylic acids is 1. The summed E-state index contributed by atoms with van der Waals surface area (Å²) >= 11 is 7.97. The highest BCUT2D eigenvalue weighted by atomic mass is 35.5. The maximum atomic E-state index is 12.0. The van der Waals surface area contributed by atoms with E-state index in [4.69, 9.17) is 11.6 Å². The van der Waals surface area contributed by atoms with Crippen molar-refractivity contribution in [3.63, 3.8) is 0 Å². The number of nitrogens with zero attached hydrogens (tertiary/aromatic N) is 2. The van der Waals surface area contributed by atoms with Crippen LogP contribution in [0.15, 0.2) is 48.0 Å². The summed E-state index contributed by atoms with van der Waals surface area (Å²) in [7, 11) is 0. The molecule has 0 saturated carbocycles. The number of imidazole rings is 1. The summed E-state index contributed by atoms with van der Waals surface area (Å²) in [5.41, 5.74) is 0.920. The van der Waals surface area contributed by atoms with Gasteiger partial charge in [0.15, 0.2) is 0 Å². The van der Waals surface area contributed by atoms with E-state index < -0.39 is 11.5 Å². The summed E-state index contributed by atoms with van der Waals surface area (Å²) in [5, 5.41) is 15.8. The molecular weight excluding hydrogens is 418 g/mol. The molecule has 1 atom stereocenters. The van der Waals surface area contributed by atoms with Crippen LogP contribution in [-0.4, -0.2) is 26.2 Å². The minimum atomic E-state index is -1.06. The van der Waals surface area contributed by atoms with Crippen LogP contribution in [0.25, 0.3) is 0 Å². The Morgan fingerprint density at radius 1 is 1.30 bits per heavy atom. The molecule has 2 aromatic heterocycles. The van der Waals surface area contributed by atoms with Gasteiger partial charge in [-0.2, -0.15) is 0 Å². The van der Waals surface area contributed by atoms with Gasteiger partial charge in [-0.1, -0.05) is 49.2 Å². The van der Waals surface area contributed by atoms with E-state index in [2.05, 4.69) is 21.8 Å². The first kappa shape index (κ1) is 22.5. The van der Waals surface area contributed by atoms with Gasteiger partial charge in [0.1, 0.15) is 11.4 Å². The van der Waals surface area contributed by atoms with Crippen LogP contribution in [0.5, 0.6) is 0 Å². The van der Waals surface area contributed by atoms with E-state index in [0.717, 1.165) is 46.2 Å². The van der Waals surface area contributed by atoms with E-state index in [1.807, 2.05) is 48.0 Å². The Morgan fingerprint density at radius 3 is 2.77 bits per heavy atom. The Bertz CT molecular complexity index is 971. The monoisotopic (exact) mass is 445 g/mol. The molecule has 2 N–H and O–H groups in total. The van der Waals surface area contributed by atoms with Crippen molar-refractivity contribution in [2.75, 3.05) is 0 Å². The van der Waals surface area contributed by atoms with Gasteiger partial charge in [0, 0.05) is 35.5 Å². The van der Waals surface area contributed by atoms with Gasteiger partial charge in [-0.05, 0) is 36.4 Å². The van der Waals surface area contributed by atoms with Gasteiger partial charge in [-0.25, -0.2) is 4.98 Å². The van der Waals surface area contributed by atoms with Crippen molar-refractivity contribution in [1.82, 2.24) is 14.9 Å². The van der Waals surface area contributed by atoms with E-state index in [9.17, 15) is 9.90 Å². The smallest absolute Gasteiger partial charge is 0.323 e. The second-order valence-electron chi connectivity index (χ2n) is 7.69. The number of halogens is 1. The number of thiophene rings is 1. The number of rotatable bonds is 11. The zero-order valence-corrected chi connectivity index (χ0v) is 19.0. The highest BCUT2D eigenvalue weighted by molar-refractivity contribution is 7.09. The number of hydrogen-bond donors (Lipinski definition) is 2. The molecule has 3 rings (SSSR count). The van der Waals surface area contributed by atoms with Crippen LogP contribution < -0.4 is 5.32 Å². The molecule has 1 unspecified atom stereocenters. The minimum Gasteiger partial charge on any atom is -0.480 e. The molecule has 0 spiro atoms. The average Bonchev–Trinajstić information content (AvgIpc) is 3.36. The summed E-state index contributed by atoms with van der Waals surface area (Å²) in [6.45, 7) is 4.93. The Kier molecular flexibility index (Phi) is 7.69. The van der Waals surface area contributed by atoms with Crippen LogP contribution in [0.1, 0.15) is 48.6 Å². The molecule has 0 bridgehead atoms. The van der Waals surface area contributed by atoms with Crippen LogP contribution >= 0.6 is 22.9 Å². The minimum absolute atomic E-state index is 0.414. The molecule has 5 nitrogen and oxygen atoms in total. The number of aryl methyl sites for hydroxylation is 1. The van der Waals surface area contributed by atoms with Gasteiger partial charge in [0.25, 0.3) is 0 Å². The van der Waals surface area contributed by atoms with Crippen molar-refractivity contribution in [2.24, 2.45) is 0 Å². The van der Waals surface area contributed by atoms with Gasteiger partial charge in [-0.3, -0.25) is 10.1 Å². The second-order valence-corrected chi connectivity index (χ2v) is 9.13. The summed E-state index contributed by atoms with van der Waals surface area (Å²) in [5.74, 6) is 0.142. The first-order chi connectivity index (χ1) is 14.4. The maximum Gasteiger partial charge on any atom is 0.323 e. The van der Waals surface area contributed by atoms with E-state index in [1.54, 1.807) is 18.3 Å². The Hall–Kier alpha value is -2.15. The molecule has 7 heteroatoms. The number of aliphatic carboxylic acids is 1. The first-order valence-corrected chi connectivity index (χ1v) is 11.5. The van der Waals surface area contributed by atoms with Crippen molar-refractivity contribution < 1.29 is 9.90 Å².